The molecular formula is C17H20ClN3O2. The highest BCUT2D eigenvalue weighted by Crippen LogP contribution is 2.26. The van der Waals surface area contributed by atoms with Crippen molar-refractivity contribution in [3.8, 4) is 11.6 Å². The van der Waals surface area contributed by atoms with Crippen LogP contribution in [0.4, 0.5) is 5.69 Å². The van der Waals surface area contributed by atoms with Crippen LogP contribution in [0.5, 0.6) is 11.6 Å². The van der Waals surface area contributed by atoms with E-state index in [1.165, 1.54) is 0 Å². The van der Waals surface area contributed by atoms with E-state index < -0.39 is 5.41 Å². The fourth-order valence-corrected chi connectivity index (χ4v) is 2.25. The summed E-state index contributed by atoms with van der Waals surface area (Å²) in [4.78, 5) is 22.1. The maximum Gasteiger partial charge on any atom is 0.232 e. The van der Waals surface area contributed by atoms with E-state index in [1.807, 2.05) is 32.9 Å². The molecule has 5 nitrogen and oxygen atoms in total. The van der Waals surface area contributed by atoms with E-state index in [9.17, 15) is 4.79 Å². The number of carbonyl (C=O) groups excluding carboxylic acids is 1. The summed E-state index contributed by atoms with van der Waals surface area (Å²) in [5.74, 6) is 1.58. The van der Waals surface area contributed by atoms with E-state index in [1.54, 1.807) is 37.1 Å². The Hall–Kier alpha value is -2.14. The first-order valence-electron chi connectivity index (χ1n) is 7.24. The summed E-state index contributed by atoms with van der Waals surface area (Å²) >= 11 is 5.89. The van der Waals surface area contributed by atoms with Gasteiger partial charge in [-0.05, 0) is 31.2 Å². The highest BCUT2D eigenvalue weighted by atomic mass is 35.5. The Bertz CT molecular complexity index is 689. The third kappa shape index (κ3) is 4.42. The zero-order valence-corrected chi connectivity index (χ0v) is 14.7. The van der Waals surface area contributed by atoms with Crippen LogP contribution in [0.2, 0.25) is 5.15 Å². The molecule has 23 heavy (non-hydrogen) atoms. The van der Waals surface area contributed by atoms with Gasteiger partial charge in [-0.3, -0.25) is 4.79 Å². The lowest BCUT2D eigenvalue weighted by molar-refractivity contribution is -0.125. The molecule has 1 heterocycles. The highest BCUT2D eigenvalue weighted by Gasteiger charge is 2.25. The smallest absolute Gasteiger partial charge is 0.232 e. The monoisotopic (exact) mass is 333 g/mol. The minimum absolute atomic E-state index is 0.0457. The van der Waals surface area contributed by atoms with Gasteiger partial charge in [0.05, 0.1) is 0 Å². The van der Waals surface area contributed by atoms with Gasteiger partial charge in [0.1, 0.15) is 16.7 Å². The Morgan fingerprint density at radius 2 is 1.78 bits per heavy atom. The molecule has 0 saturated heterocycles. The second-order valence-electron chi connectivity index (χ2n) is 6.29. The lowest BCUT2D eigenvalue weighted by Gasteiger charge is -2.26. The number of hydrogen-bond acceptors (Lipinski definition) is 4. The van der Waals surface area contributed by atoms with E-state index in [0.29, 0.717) is 22.6 Å². The molecule has 0 N–H and O–H groups in total. The number of anilines is 1. The number of carbonyl (C=O) groups is 1. The molecule has 2 aromatic rings. The molecule has 0 spiro atoms. The topological polar surface area (TPSA) is 55.3 Å². The van der Waals surface area contributed by atoms with Gasteiger partial charge in [0.2, 0.25) is 11.8 Å². The van der Waals surface area contributed by atoms with E-state index >= 15 is 0 Å². The number of benzene rings is 1. The van der Waals surface area contributed by atoms with Crippen molar-refractivity contribution in [2.45, 2.75) is 27.7 Å². The minimum Gasteiger partial charge on any atom is -0.439 e. The van der Waals surface area contributed by atoms with Gasteiger partial charge < -0.3 is 9.64 Å². The van der Waals surface area contributed by atoms with Crippen molar-refractivity contribution in [3.63, 3.8) is 0 Å². The van der Waals surface area contributed by atoms with Gasteiger partial charge in [0.25, 0.3) is 0 Å². The summed E-state index contributed by atoms with van der Waals surface area (Å²) in [7, 11) is 1.76. The number of ether oxygens (including phenoxy) is 1. The number of aromatic nitrogens is 2. The van der Waals surface area contributed by atoms with E-state index in [-0.39, 0.29) is 5.91 Å². The fourth-order valence-electron chi connectivity index (χ4n) is 2.04. The van der Waals surface area contributed by atoms with Crippen LogP contribution in [0.15, 0.2) is 30.3 Å². The Kier molecular flexibility index (Phi) is 4.90. The quantitative estimate of drug-likeness (QED) is 0.788. The Morgan fingerprint density at radius 1 is 1.17 bits per heavy atom. The van der Waals surface area contributed by atoms with Crippen LogP contribution < -0.4 is 9.64 Å². The third-order valence-corrected chi connectivity index (χ3v) is 3.37. The fraction of sp³-hybridized carbons (Fsp3) is 0.353. The molecule has 0 radical (unpaired) electrons. The maximum absolute atomic E-state index is 12.3. The zero-order chi connectivity index (χ0) is 17.2. The minimum atomic E-state index is -0.431. The van der Waals surface area contributed by atoms with Crippen molar-refractivity contribution in [2.24, 2.45) is 5.41 Å². The number of halogens is 1. The molecule has 0 bridgehead atoms. The van der Waals surface area contributed by atoms with Crippen LogP contribution in [0.1, 0.15) is 26.6 Å². The lowest BCUT2D eigenvalue weighted by atomic mass is 9.95. The van der Waals surface area contributed by atoms with Gasteiger partial charge >= 0.3 is 0 Å². The number of aryl methyl sites for hydroxylation is 1. The molecule has 1 aromatic carbocycles. The van der Waals surface area contributed by atoms with Crippen molar-refractivity contribution >= 4 is 23.2 Å². The first kappa shape index (κ1) is 17.2. The van der Waals surface area contributed by atoms with E-state index in [0.717, 1.165) is 5.69 Å². The van der Waals surface area contributed by atoms with E-state index in [4.69, 9.17) is 16.3 Å². The van der Waals surface area contributed by atoms with Crippen LogP contribution in [0, 0.1) is 12.3 Å². The first-order valence-corrected chi connectivity index (χ1v) is 7.62. The van der Waals surface area contributed by atoms with Gasteiger partial charge in [0, 0.05) is 24.2 Å². The maximum atomic E-state index is 12.3. The number of hydrogen-bond donors (Lipinski definition) is 0. The molecule has 0 saturated carbocycles. The van der Waals surface area contributed by atoms with E-state index in [2.05, 4.69) is 9.97 Å². The molecule has 6 heteroatoms. The third-order valence-electron chi connectivity index (χ3n) is 3.18. The predicted octanol–water partition coefficient (Wildman–Crippen LogP) is 4.24. The molecule has 0 aliphatic rings. The van der Waals surface area contributed by atoms with Crippen molar-refractivity contribution in [1.29, 1.82) is 0 Å². The normalized spacial score (nSPS) is 11.2. The Morgan fingerprint density at radius 3 is 2.30 bits per heavy atom. The molecule has 1 amide bonds. The van der Waals surface area contributed by atoms with Crippen molar-refractivity contribution in [3.05, 3.63) is 41.3 Å². The van der Waals surface area contributed by atoms with Crippen LogP contribution in [0.3, 0.4) is 0 Å². The van der Waals surface area contributed by atoms with Crippen molar-refractivity contribution in [2.75, 3.05) is 11.9 Å². The molecule has 2 rings (SSSR count). The predicted molar refractivity (Wildman–Crippen MR) is 91.2 cm³/mol. The Labute approximate surface area is 141 Å². The Balaban J connectivity index is 2.15. The molecule has 1 aromatic heterocycles. The molecule has 0 atom stereocenters. The van der Waals surface area contributed by atoms with Gasteiger partial charge in [-0.1, -0.05) is 32.4 Å². The zero-order valence-electron chi connectivity index (χ0n) is 13.9. The summed E-state index contributed by atoms with van der Waals surface area (Å²) in [6.45, 7) is 7.42. The van der Waals surface area contributed by atoms with Crippen molar-refractivity contribution in [1.82, 2.24) is 9.97 Å². The second-order valence-corrected chi connectivity index (χ2v) is 6.67. The summed E-state index contributed by atoms with van der Waals surface area (Å²) in [5.41, 5.74) is 0.369. The van der Waals surface area contributed by atoms with Gasteiger partial charge in [-0.25, -0.2) is 4.98 Å². The average Bonchev–Trinajstić information content (AvgIpc) is 2.44. The first-order chi connectivity index (χ1) is 10.7. The van der Waals surface area contributed by atoms with Gasteiger partial charge in [0.15, 0.2) is 0 Å². The summed E-state index contributed by atoms with van der Waals surface area (Å²) in [6.07, 6.45) is 0. The highest BCUT2D eigenvalue weighted by molar-refractivity contribution is 6.29. The molecule has 0 aliphatic carbocycles. The lowest BCUT2D eigenvalue weighted by Crippen LogP contribution is -2.36. The van der Waals surface area contributed by atoms with Crippen LogP contribution in [-0.2, 0) is 4.79 Å². The van der Waals surface area contributed by atoms with Gasteiger partial charge in [-0.2, -0.15) is 4.98 Å². The summed E-state index contributed by atoms with van der Waals surface area (Å²) in [6, 6.07) is 8.78. The molecule has 122 valence electrons. The largest absolute Gasteiger partial charge is 0.439 e. The number of nitrogens with zero attached hydrogens (tertiary/aromatic N) is 3. The molecule has 0 unspecified atom stereocenters. The summed E-state index contributed by atoms with van der Waals surface area (Å²) in [5, 5.41) is 0.333. The van der Waals surface area contributed by atoms with Gasteiger partial charge in [-0.15, -0.1) is 0 Å². The van der Waals surface area contributed by atoms with Crippen molar-refractivity contribution < 1.29 is 9.53 Å². The van der Waals surface area contributed by atoms with Crippen LogP contribution in [-0.4, -0.2) is 22.9 Å². The van der Waals surface area contributed by atoms with Crippen LogP contribution in [0.25, 0.3) is 0 Å². The number of amides is 1. The molecule has 0 aliphatic heterocycles. The standard InChI is InChI=1S/C17H20ClN3O2/c1-11-19-14(18)10-15(20-11)23-13-8-6-12(7-9-13)21(5)16(22)17(2,3)4/h6-10H,1-5H3. The number of rotatable bonds is 3. The molecule has 0 fully saturated rings. The van der Waals surface area contributed by atoms with Crippen LogP contribution >= 0.6 is 11.6 Å². The summed E-state index contributed by atoms with van der Waals surface area (Å²) < 4.78 is 5.66. The average molecular weight is 334 g/mol. The SMILES string of the molecule is Cc1nc(Cl)cc(Oc2ccc(N(C)C(=O)C(C)(C)C)cc2)n1. The molecular weight excluding hydrogens is 314 g/mol. The second kappa shape index (κ2) is 6.54.